The lowest BCUT2D eigenvalue weighted by atomic mass is 10.1. The predicted octanol–water partition coefficient (Wildman–Crippen LogP) is 2.55. The molecule has 0 saturated carbocycles. The van der Waals surface area contributed by atoms with E-state index in [4.69, 9.17) is 5.26 Å². The minimum absolute atomic E-state index is 0.0872. The van der Waals surface area contributed by atoms with E-state index < -0.39 is 29.3 Å². The van der Waals surface area contributed by atoms with Crippen LogP contribution in [-0.4, -0.2) is 19.1 Å². The van der Waals surface area contributed by atoms with Gasteiger partial charge in [-0.25, -0.2) is 4.79 Å². The Hall–Kier alpha value is -2.23. The Morgan fingerprint density at radius 2 is 2.11 bits per heavy atom. The lowest BCUT2D eigenvalue weighted by Gasteiger charge is -2.15. The maximum atomic E-state index is 12.7. The van der Waals surface area contributed by atoms with E-state index in [2.05, 4.69) is 10.1 Å². The van der Waals surface area contributed by atoms with Gasteiger partial charge in [-0.3, -0.25) is 0 Å². The van der Waals surface area contributed by atoms with Gasteiger partial charge in [-0.05, 0) is 25.1 Å². The molecule has 0 spiro atoms. The molecule has 0 heterocycles. The fourth-order valence-electron chi connectivity index (χ4n) is 1.45. The summed E-state index contributed by atoms with van der Waals surface area (Å²) in [6.07, 6.45) is -4.63. The third-order valence-corrected chi connectivity index (χ3v) is 2.38. The van der Waals surface area contributed by atoms with Crippen molar-refractivity contribution >= 4 is 11.7 Å². The molecule has 1 unspecified atom stereocenters. The molecular formula is C12H11F3N2O2. The first-order chi connectivity index (χ1) is 8.79. The number of carbonyl (C=O) groups is 1. The van der Waals surface area contributed by atoms with E-state index in [-0.39, 0.29) is 5.69 Å². The first kappa shape index (κ1) is 14.8. The van der Waals surface area contributed by atoms with Crippen LogP contribution in [0.15, 0.2) is 18.2 Å². The number of ether oxygens (including phenoxy) is 1. The van der Waals surface area contributed by atoms with Crippen molar-refractivity contribution < 1.29 is 22.7 Å². The number of nitrogens with zero attached hydrogens (tertiary/aromatic N) is 1. The number of alkyl halides is 3. The first-order valence-electron chi connectivity index (χ1n) is 5.25. The molecule has 0 aliphatic carbocycles. The van der Waals surface area contributed by atoms with E-state index in [9.17, 15) is 18.0 Å². The lowest BCUT2D eigenvalue weighted by molar-refractivity contribution is -0.141. The number of rotatable bonds is 3. The molecule has 0 aromatic heterocycles. The van der Waals surface area contributed by atoms with Gasteiger partial charge in [0.2, 0.25) is 0 Å². The predicted molar refractivity (Wildman–Crippen MR) is 61.3 cm³/mol. The number of benzene rings is 1. The van der Waals surface area contributed by atoms with Crippen LogP contribution in [0.2, 0.25) is 0 Å². The number of hydrogen-bond donors (Lipinski definition) is 1. The summed E-state index contributed by atoms with van der Waals surface area (Å²) in [7, 11) is 1.18. The maximum Gasteiger partial charge on any atom is 0.417 e. The third kappa shape index (κ3) is 3.61. The van der Waals surface area contributed by atoms with Crippen molar-refractivity contribution in [3.05, 3.63) is 29.3 Å². The number of halogens is 3. The highest BCUT2D eigenvalue weighted by Crippen LogP contribution is 2.33. The second-order valence-electron chi connectivity index (χ2n) is 3.76. The number of methoxy groups -OCH3 is 1. The standard InChI is InChI=1S/C12H11F3N2O2/c1-7(11(18)19-2)17-9-4-3-8(6-16)10(5-9)12(13,14)15/h3-5,7,17H,1-2H3. The van der Waals surface area contributed by atoms with Crippen LogP contribution in [-0.2, 0) is 15.7 Å². The number of carbonyl (C=O) groups excluding carboxylic acids is 1. The van der Waals surface area contributed by atoms with Gasteiger partial charge >= 0.3 is 12.1 Å². The summed E-state index contributed by atoms with van der Waals surface area (Å²) in [4.78, 5) is 11.2. The SMILES string of the molecule is COC(=O)C(C)Nc1ccc(C#N)c(C(F)(F)F)c1. The second-order valence-corrected chi connectivity index (χ2v) is 3.76. The molecule has 19 heavy (non-hydrogen) atoms. The van der Waals surface area contributed by atoms with Crippen molar-refractivity contribution in [2.75, 3.05) is 12.4 Å². The summed E-state index contributed by atoms with van der Waals surface area (Å²) < 4.78 is 42.6. The van der Waals surface area contributed by atoms with Gasteiger partial charge in [0, 0.05) is 5.69 Å². The van der Waals surface area contributed by atoms with Crippen molar-refractivity contribution in [2.45, 2.75) is 19.1 Å². The molecule has 1 N–H and O–H groups in total. The zero-order valence-corrected chi connectivity index (χ0v) is 10.2. The number of hydrogen-bond acceptors (Lipinski definition) is 4. The second kappa shape index (κ2) is 5.61. The van der Waals surface area contributed by atoms with Gasteiger partial charge < -0.3 is 10.1 Å². The molecule has 102 valence electrons. The van der Waals surface area contributed by atoms with Gasteiger partial charge in [-0.2, -0.15) is 18.4 Å². The average molecular weight is 272 g/mol. The molecule has 4 nitrogen and oxygen atoms in total. The van der Waals surface area contributed by atoms with Crippen LogP contribution in [0.5, 0.6) is 0 Å². The van der Waals surface area contributed by atoms with Crippen LogP contribution in [0.25, 0.3) is 0 Å². The monoisotopic (exact) mass is 272 g/mol. The molecule has 7 heteroatoms. The zero-order chi connectivity index (χ0) is 14.6. The van der Waals surface area contributed by atoms with Crippen molar-refractivity contribution in [1.82, 2.24) is 0 Å². The molecule has 1 rings (SSSR count). The number of anilines is 1. The smallest absolute Gasteiger partial charge is 0.417 e. The Morgan fingerprint density at radius 3 is 2.58 bits per heavy atom. The summed E-state index contributed by atoms with van der Waals surface area (Å²) in [6.45, 7) is 1.46. The molecule has 0 fully saturated rings. The van der Waals surface area contributed by atoms with Crippen molar-refractivity contribution in [3.8, 4) is 6.07 Å². The molecule has 1 aromatic rings. The van der Waals surface area contributed by atoms with Gasteiger partial charge in [0.05, 0.1) is 24.3 Å². The minimum Gasteiger partial charge on any atom is -0.467 e. The Balaban J connectivity index is 3.07. The summed E-state index contributed by atoms with van der Waals surface area (Å²) >= 11 is 0. The lowest BCUT2D eigenvalue weighted by Crippen LogP contribution is -2.27. The third-order valence-electron chi connectivity index (χ3n) is 2.38. The van der Waals surface area contributed by atoms with E-state index in [1.165, 1.54) is 26.2 Å². The quantitative estimate of drug-likeness (QED) is 0.859. The molecule has 1 atom stereocenters. The molecule has 0 aliphatic heterocycles. The number of nitrogens with one attached hydrogen (secondary N) is 1. The molecule has 0 saturated heterocycles. The van der Waals surface area contributed by atoms with E-state index >= 15 is 0 Å². The van der Waals surface area contributed by atoms with Gasteiger partial charge in [0.15, 0.2) is 0 Å². The maximum absolute atomic E-state index is 12.7. The van der Waals surface area contributed by atoms with Gasteiger partial charge in [-0.15, -0.1) is 0 Å². The van der Waals surface area contributed by atoms with E-state index in [0.29, 0.717) is 0 Å². The van der Waals surface area contributed by atoms with E-state index in [1.807, 2.05) is 0 Å². The number of nitriles is 1. The van der Waals surface area contributed by atoms with Crippen molar-refractivity contribution in [3.63, 3.8) is 0 Å². The highest BCUT2D eigenvalue weighted by atomic mass is 19.4. The highest BCUT2D eigenvalue weighted by Gasteiger charge is 2.34. The Kier molecular flexibility index (Phi) is 4.38. The number of esters is 1. The normalized spacial score (nSPS) is 12.4. The van der Waals surface area contributed by atoms with Crippen molar-refractivity contribution in [1.29, 1.82) is 5.26 Å². The largest absolute Gasteiger partial charge is 0.467 e. The molecule has 0 amide bonds. The summed E-state index contributed by atoms with van der Waals surface area (Å²) in [6, 6.07) is 3.82. The van der Waals surface area contributed by atoms with Crippen LogP contribution in [0, 0.1) is 11.3 Å². The Bertz CT molecular complexity index is 521. The fourth-order valence-corrected chi connectivity index (χ4v) is 1.45. The van der Waals surface area contributed by atoms with Gasteiger partial charge in [0.25, 0.3) is 0 Å². The van der Waals surface area contributed by atoms with Crippen molar-refractivity contribution in [2.24, 2.45) is 0 Å². The van der Waals surface area contributed by atoms with Gasteiger partial charge in [-0.1, -0.05) is 0 Å². The minimum atomic E-state index is -4.63. The van der Waals surface area contributed by atoms with Crippen LogP contribution < -0.4 is 5.32 Å². The topological polar surface area (TPSA) is 62.1 Å². The molecular weight excluding hydrogens is 261 g/mol. The van der Waals surface area contributed by atoms with Crippen LogP contribution in [0.3, 0.4) is 0 Å². The molecule has 0 radical (unpaired) electrons. The zero-order valence-electron chi connectivity index (χ0n) is 10.2. The Morgan fingerprint density at radius 1 is 1.47 bits per heavy atom. The van der Waals surface area contributed by atoms with Gasteiger partial charge in [0.1, 0.15) is 6.04 Å². The summed E-state index contributed by atoms with van der Waals surface area (Å²) in [5.41, 5.74) is -1.43. The van der Waals surface area contributed by atoms with E-state index in [1.54, 1.807) is 0 Å². The van der Waals surface area contributed by atoms with Crippen LogP contribution >= 0.6 is 0 Å². The molecule has 0 aliphatic rings. The first-order valence-corrected chi connectivity index (χ1v) is 5.25. The fraction of sp³-hybridized carbons (Fsp3) is 0.333. The van der Waals surface area contributed by atoms with E-state index in [0.717, 1.165) is 12.1 Å². The summed E-state index contributed by atoms with van der Waals surface area (Å²) in [5, 5.41) is 11.2. The van der Waals surface area contributed by atoms with Crippen LogP contribution in [0.4, 0.5) is 18.9 Å². The van der Waals surface area contributed by atoms with Crippen LogP contribution in [0.1, 0.15) is 18.1 Å². The summed E-state index contributed by atoms with van der Waals surface area (Å²) in [5.74, 6) is -0.599. The highest BCUT2D eigenvalue weighted by molar-refractivity contribution is 5.78. The average Bonchev–Trinajstić information content (AvgIpc) is 2.36. The molecule has 0 bridgehead atoms. The molecule has 1 aromatic carbocycles. The Labute approximate surface area is 107 Å².